The Labute approximate surface area is 143 Å². The summed E-state index contributed by atoms with van der Waals surface area (Å²) in [5.41, 5.74) is 9.53. The third-order valence-corrected chi connectivity index (χ3v) is 5.67. The number of pyridine rings is 1. The van der Waals surface area contributed by atoms with Crippen molar-refractivity contribution in [3.8, 4) is 11.4 Å². The second-order valence-electron chi connectivity index (χ2n) is 7.25. The number of hydrogen-bond acceptors (Lipinski definition) is 3. The Kier molecular flexibility index (Phi) is 4.68. The third-order valence-electron chi connectivity index (χ3n) is 3.97. The van der Waals surface area contributed by atoms with E-state index in [-0.39, 0.29) is 0 Å². The highest BCUT2D eigenvalue weighted by molar-refractivity contribution is 6.76. The Morgan fingerprint density at radius 3 is 2.62 bits per heavy atom. The van der Waals surface area contributed by atoms with Crippen molar-refractivity contribution in [3.05, 3.63) is 42.6 Å². The number of fused-ring (bicyclic) bond motifs is 1. The highest BCUT2D eigenvalue weighted by Crippen LogP contribution is 2.19. The average Bonchev–Trinajstić information content (AvgIpc) is 2.90. The third kappa shape index (κ3) is 3.83. The maximum Gasteiger partial charge on any atom is 0.303 e. The van der Waals surface area contributed by atoms with Crippen LogP contribution in [0, 0.1) is 0 Å². The number of anilines is 1. The smallest absolute Gasteiger partial charge is 0.303 e. The van der Waals surface area contributed by atoms with Crippen LogP contribution < -0.4 is 10.3 Å². The standard InChI is InChI=1S/C18H24N4OSi/c1-24(2,3)12-11-23-13-22-17(14-6-8-15(19)9-7-14)21-16-5-4-10-20-18(16)22/h4-10H,11-13H2,1-3H3,(H2,19,21)/p+1. The number of aromatic amines is 1. The quantitative estimate of drug-likeness (QED) is 0.312. The van der Waals surface area contributed by atoms with E-state index >= 15 is 0 Å². The lowest BCUT2D eigenvalue weighted by Crippen LogP contribution is -2.37. The maximum atomic E-state index is 5.96. The van der Waals surface area contributed by atoms with Crippen LogP contribution in [-0.4, -0.2) is 24.6 Å². The van der Waals surface area contributed by atoms with Gasteiger partial charge in [-0.25, -0.2) is 4.57 Å². The lowest BCUT2D eigenvalue weighted by Gasteiger charge is -2.15. The van der Waals surface area contributed by atoms with Gasteiger partial charge in [0.2, 0.25) is 5.82 Å². The molecule has 0 aliphatic rings. The van der Waals surface area contributed by atoms with Crippen molar-refractivity contribution < 1.29 is 9.30 Å². The number of nitrogens with zero attached hydrogens (tertiary/aromatic N) is 2. The molecule has 24 heavy (non-hydrogen) atoms. The highest BCUT2D eigenvalue weighted by Gasteiger charge is 2.20. The molecule has 3 rings (SSSR count). The van der Waals surface area contributed by atoms with Gasteiger partial charge in [-0.2, -0.15) is 0 Å². The van der Waals surface area contributed by atoms with Gasteiger partial charge in [-0.3, -0.25) is 4.98 Å². The number of hydrogen-bond donors (Lipinski definition) is 2. The van der Waals surface area contributed by atoms with Gasteiger partial charge in [-0.15, -0.1) is 4.98 Å². The highest BCUT2D eigenvalue weighted by atomic mass is 28.3. The number of nitrogens with two attached hydrogens (primary N) is 1. The number of aromatic nitrogens is 3. The molecule has 0 radical (unpaired) electrons. The summed E-state index contributed by atoms with van der Waals surface area (Å²) in [4.78, 5) is 7.95. The van der Waals surface area contributed by atoms with Gasteiger partial charge in [-0.1, -0.05) is 19.6 Å². The maximum absolute atomic E-state index is 5.96. The van der Waals surface area contributed by atoms with Crippen LogP contribution in [0.3, 0.4) is 0 Å². The molecule has 2 aromatic heterocycles. The summed E-state index contributed by atoms with van der Waals surface area (Å²) in [6.45, 7) is 8.34. The number of ether oxygens (including phenoxy) is 1. The first kappa shape index (κ1) is 16.7. The van der Waals surface area contributed by atoms with Crippen LogP contribution in [0.15, 0.2) is 42.6 Å². The van der Waals surface area contributed by atoms with Crippen LogP contribution in [0.4, 0.5) is 5.69 Å². The molecule has 1 aromatic carbocycles. The van der Waals surface area contributed by atoms with Crippen molar-refractivity contribution in [2.24, 2.45) is 0 Å². The molecular weight excluding hydrogens is 316 g/mol. The van der Waals surface area contributed by atoms with Gasteiger partial charge in [0.1, 0.15) is 6.20 Å². The van der Waals surface area contributed by atoms with E-state index in [0.29, 0.717) is 6.73 Å². The zero-order valence-electron chi connectivity index (χ0n) is 14.5. The minimum absolute atomic E-state index is 0.487. The van der Waals surface area contributed by atoms with E-state index in [1.54, 1.807) is 0 Å². The summed E-state index contributed by atoms with van der Waals surface area (Å²) in [6, 6.07) is 13.0. The minimum Gasteiger partial charge on any atom is -0.399 e. The van der Waals surface area contributed by atoms with E-state index in [4.69, 9.17) is 10.5 Å². The molecule has 6 heteroatoms. The molecule has 0 aliphatic heterocycles. The summed E-state index contributed by atoms with van der Waals surface area (Å²) < 4.78 is 8.05. The molecule has 0 atom stereocenters. The topological polar surface area (TPSA) is 67.8 Å². The van der Waals surface area contributed by atoms with Crippen molar-refractivity contribution >= 4 is 24.9 Å². The van der Waals surface area contributed by atoms with Crippen LogP contribution in [0.5, 0.6) is 0 Å². The first-order valence-corrected chi connectivity index (χ1v) is 11.9. The van der Waals surface area contributed by atoms with Crippen LogP contribution >= 0.6 is 0 Å². The fourth-order valence-electron chi connectivity index (χ4n) is 2.54. The minimum atomic E-state index is -1.09. The molecule has 0 spiro atoms. The molecule has 5 nitrogen and oxygen atoms in total. The summed E-state index contributed by atoms with van der Waals surface area (Å²) in [5.74, 6) is 0.983. The zero-order valence-corrected chi connectivity index (χ0v) is 15.5. The zero-order chi connectivity index (χ0) is 17.2. The fourth-order valence-corrected chi connectivity index (χ4v) is 3.30. The molecule has 0 amide bonds. The lowest BCUT2D eigenvalue weighted by atomic mass is 10.2. The molecule has 126 valence electrons. The lowest BCUT2D eigenvalue weighted by molar-refractivity contribution is -0.700. The van der Waals surface area contributed by atoms with Crippen LogP contribution in [0.25, 0.3) is 22.6 Å². The SMILES string of the molecule is C[Si](C)(C)CCOC[n+]1c(-c2ccc(N)cc2)[nH]c2cccnc21. The first-order chi connectivity index (χ1) is 11.4. The summed E-state index contributed by atoms with van der Waals surface area (Å²) in [7, 11) is -1.09. The summed E-state index contributed by atoms with van der Waals surface area (Å²) in [5, 5.41) is 0. The Morgan fingerprint density at radius 1 is 1.17 bits per heavy atom. The number of H-pyrrole nitrogens is 1. The predicted molar refractivity (Wildman–Crippen MR) is 100 cm³/mol. The molecule has 3 aromatic rings. The van der Waals surface area contributed by atoms with Gasteiger partial charge >= 0.3 is 5.65 Å². The van der Waals surface area contributed by atoms with Gasteiger partial charge in [0.05, 0.1) is 0 Å². The van der Waals surface area contributed by atoms with Gasteiger partial charge in [0, 0.05) is 25.9 Å². The predicted octanol–water partition coefficient (Wildman–Crippen LogP) is 3.41. The van der Waals surface area contributed by atoms with Crippen LogP contribution in [-0.2, 0) is 11.5 Å². The first-order valence-electron chi connectivity index (χ1n) is 8.24. The molecule has 0 saturated carbocycles. The summed E-state index contributed by atoms with van der Waals surface area (Å²) >= 11 is 0. The normalized spacial score (nSPS) is 12.0. The second-order valence-corrected chi connectivity index (χ2v) is 12.9. The van der Waals surface area contributed by atoms with Crippen molar-refractivity contribution in [2.45, 2.75) is 32.4 Å². The molecule has 0 fully saturated rings. The van der Waals surface area contributed by atoms with Gasteiger partial charge in [0.25, 0.3) is 0 Å². The van der Waals surface area contributed by atoms with Crippen molar-refractivity contribution in [1.82, 2.24) is 9.97 Å². The number of nitrogen functional groups attached to an aromatic ring is 1. The Bertz CT molecular complexity index is 821. The van der Waals surface area contributed by atoms with Crippen molar-refractivity contribution in [1.29, 1.82) is 0 Å². The molecule has 0 saturated heterocycles. The van der Waals surface area contributed by atoms with E-state index in [1.807, 2.05) is 42.6 Å². The monoisotopic (exact) mass is 341 g/mol. The van der Waals surface area contributed by atoms with Crippen molar-refractivity contribution in [2.75, 3.05) is 12.3 Å². The fraction of sp³-hybridized carbons (Fsp3) is 0.333. The Hall–Kier alpha value is -2.18. The van der Waals surface area contributed by atoms with Gasteiger partial charge in [-0.05, 0) is 42.4 Å². The molecule has 0 bridgehead atoms. The van der Waals surface area contributed by atoms with E-state index < -0.39 is 8.07 Å². The summed E-state index contributed by atoms with van der Waals surface area (Å²) in [6.07, 6.45) is 1.81. The second kappa shape index (κ2) is 6.74. The van der Waals surface area contributed by atoms with E-state index in [9.17, 15) is 0 Å². The Morgan fingerprint density at radius 2 is 1.92 bits per heavy atom. The largest absolute Gasteiger partial charge is 0.399 e. The molecule has 3 N–H and O–H groups in total. The van der Waals surface area contributed by atoms with Crippen LogP contribution in [0.2, 0.25) is 25.7 Å². The van der Waals surface area contributed by atoms with Gasteiger partial charge in [0.15, 0.2) is 12.2 Å². The van der Waals surface area contributed by atoms with Crippen LogP contribution in [0.1, 0.15) is 0 Å². The van der Waals surface area contributed by atoms with E-state index in [0.717, 1.165) is 40.9 Å². The number of rotatable bonds is 6. The average molecular weight is 342 g/mol. The Balaban J connectivity index is 1.89. The van der Waals surface area contributed by atoms with Gasteiger partial charge < -0.3 is 10.5 Å². The number of imidazole rings is 1. The van der Waals surface area contributed by atoms with E-state index in [1.165, 1.54) is 0 Å². The number of benzene rings is 1. The molecule has 0 unspecified atom stereocenters. The van der Waals surface area contributed by atoms with Crippen molar-refractivity contribution in [3.63, 3.8) is 0 Å². The van der Waals surface area contributed by atoms with E-state index in [2.05, 4.69) is 34.2 Å². The molecule has 2 heterocycles. The molecule has 0 aliphatic carbocycles. The molecular formula is C18H25N4OSi+. The number of nitrogens with one attached hydrogen (secondary N) is 1.